The highest BCUT2D eigenvalue weighted by atomic mass is 16.3. The van der Waals surface area contributed by atoms with Crippen LogP contribution in [0.2, 0.25) is 0 Å². The van der Waals surface area contributed by atoms with E-state index in [-0.39, 0.29) is 12.0 Å². The Labute approximate surface area is 150 Å². The van der Waals surface area contributed by atoms with Crippen LogP contribution in [0.1, 0.15) is 37.8 Å². The molecule has 3 nitrogen and oxygen atoms in total. The van der Waals surface area contributed by atoms with Gasteiger partial charge in [0.1, 0.15) is 5.60 Å². The van der Waals surface area contributed by atoms with Gasteiger partial charge in [-0.1, -0.05) is 67.6 Å². The summed E-state index contributed by atoms with van der Waals surface area (Å²) in [5.41, 5.74) is -0.463. The van der Waals surface area contributed by atoms with Gasteiger partial charge in [0.2, 0.25) is 0 Å². The highest BCUT2D eigenvalue weighted by Crippen LogP contribution is 2.43. The van der Waals surface area contributed by atoms with Gasteiger partial charge in [-0.3, -0.25) is 0 Å². The van der Waals surface area contributed by atoms with Gasteiger partial charge in [0.15, 0.2) is 0 Å². The maximum Gasteiger partial charge on any atom is 0.117 e. The topological polar surface area (TPSA) is 43.7 Å². The van der Waals surface area contributed by atoms with Crippen LogP contribution in [0.3, 0.4) is 0 Å². The second-order valence-electron chi connectivity index (χ2n) is 7.77. The zero-order valence-electron chi connectivity index (χ0n) is 15.4. The molecule has 3 heteroatoms. The molecular weight excluding hydrogens is 310 g/mol. The number of piperidine rings is 1. The Morgan fingerprint density at radius 1 is 1.00 bits per heavy atom. The number of hydrogen-bond donors (Lipinski definition) is 2. The largest absolute Gasteiger partial charge is 0.389 e. The molecule has 0 bridgehead atoms. The van der Waals surface area contributed by atoms with Gasteiger partial charge in [-0.2, -0.15) is 0 Å². The SMILES string of the molecule is C[C@@H]1C[C@](O)(CC(O)(c2ccccc2)c2ccccc2)[C@@H](C)CN1C. The predicted molar refractivity (Wildman–Crippen MR) is 101 cm³/mol. The lowest BCUT2D eigenvalue weighted by Crippen LogP contribution is -2.56. The minimum absolute atomic E-state index is 0.0904. The van der Waals surface area contributed by atoms with Gasteiger partial charge in [-0.15, -0.1) is 0 Å². The van der Waals surface area contributed by atoms with Crippen molar-refractivity contribution in [3.05, 3.63) is 71.8 Å². The first kappa shape index (κ1) is 18.1. The lowest BCUT2D eigenvalue weighted by molar-refractivity contribution is -0.121. The second kappa shape index (κ2) is 6.91. The van der Waals surface area contributed by atoms with Crippen molar-refractivity contribution >= 4 is 0 Å². The smallest absolute Gasteiger partial charge is 0.117 e. The van der Waals surface area contributed by atoms with E-state index in [1.807, 2.05) is 60.7 Å². The molecule has 1 heterocycles. The summed E-state index contributed by atoms with van der Waals surface area (Å²) in [5.74, 6) is 0.0904. The van der Waals surface area contributed by atoms with E-state index in [9.17, 15) is 10.2 Å². The first-order valence-corrected chi connectivity index (χ1v) is 9.11. The zero-order valence-corrected chi connectivity index (χ0v) is 15.4. The van der Waals surface area contributed by atoms with Crippen LogP contribution in [0.25, 0.3) is 0 Å². The number of rotatable bonds is 4. The van der Waals surface area contributed by atoms with E-state index in [1.165, 1.54) is 0 Å². The lowest BCUT2D eigenvalue weighted by Gasteiger charge is -2.49. The molecule has 2 aromatic carbocycles. The van der Waals surface area contributed by atoms with Crippen LogP contribution >= 0.6 is 0 Å². The van der Waals surface area contributed by atoms with Crippen LogP contribution in [-0.2, 0) is 5.60 Å². The fraction of sp³-hybridized carbons (Fsp3) is 0.455. The summed E-state index contributed by atoms with van der Waals surface area (Å²) in [6.45, 7) is 5.05. The summed E-state index contributed by atoms with van der Waals surface area (Å²) in [6.07, 6.45) is 0.958. The Morgan fingerprint density at radius 3 is 1.96 bits per heavy atom. The summed E-state index contributed by atoms with van der Waals surface area (Å²) in [4.78, 5) is 2.28. The van der Waals surface area contributed by atoms with E-state index in [4.69, 9.17) is 0 Å². The number of aliphatic hydroxyl groups is 2. The van der Waals surface area contributed by atoms with Gasteiger partial charge in [-0.25, -0.2) is 0 Å². The maximum absolute atomic E-state index is 11.8. The lowest BCUT2D eigenvalue weighted by atomic mass is 9.69. The molecule has 25 heavy (non-hydrogen) atoms. The van der Waals surface area contributed by atoms with Crippen LogP contribution < -0.4 is 0 Å². The van der Waals surface area contributed by atoms with Gasteiger partial charge in [0, 0.05) is 19.0 Å². The molecule has 0 radical (unpaired) electrons. The molecule has 0 aliphatic carbocycles. The van der Waals surface area contributed by atoms with Crippen molar-refractivity contribution < 1.29 is 10.2 Å². The summed E-state index contributed by atoms with van der Waals surface area (Å²) in [7, 11) is 2.10. The van der Waals surface area contributed by atoms with Gasteiger partial charge >= 0.3 is 0 Å². The summed E-state index contributed by atoms with van der Waals surface area (Å²) in [6, 6.07) is 19.7. The number of likely N-dealkylation sites (tertiary alicyclic amines) is 1. The van der Waals surface area contributed by atoms with Crippen LogP contribution in [0.15, 0.2) is 60.7 Å². The molecule has 0 saturated carbocycles. The van der Waals surface area contributed by atoms with Crippen LogP contribution in [0.4, 0.5) is 0 Å². The molecule has 1 aliphatic rings. The molecule has 0 amide bonds. The summed E-state index contributed by atoms with van der Waals surface area (Å²) < 4.78 is 0. The summed E-state index contributed by atoms with van der Waals surface area (Å²) >= 11 is 0. The third kappa shape index (κ3) is 3.50. The van der Waals surface area contributed by atoms with E-state index >= 15 is 0 Å². The molecule has 1 saturated heterocycles. The van der Waals surface area contributed by atoms with Crippen molar-refractivity contribution in [2.75, 3.05) is 13.6 Å². The van der Waals surface area contributed by atoms with Crippen LogP contribution in [0.5, 0.6) is 0 Å². The monoisotopic (exact) mass is 339 g/mol. The highest BCUT2D eigenvalue weighted by Gasteiger charge is 2.47. The van der Waals surface area contributed by atoms with E-state index in [1.54, 1.807) is 0 Å². The average Bonchev–Trinajstić information content (AvgIpc) is 2.61. The van der Waals surface area contributed by atoms with E-state index in [0.717, 1.165) is 17.7 Å². The minimum Gasteiger partial charge on any atom is -0.389 e. The molecular formula is C22H29NO2. The number of hydrogen-bond acceptors (Lipinski definition) is 3. The molecule has 134 valence electrons. The minimum atomic E-state index is -1.21. The van der Waals surface area contributed by atoms with Crippen LogP contribution in [-0.4, -0.2) is 40.3 Å². The van der Waals surface area contributed by atoms with E-state index in [2.05, 4.69) is 25.8 Å². The molecule has 1 aliphatic heterocycles. The van der Waals surface area contributed by atoms with Gasteiger partial charge in [0.05, 0.1) is 5.60 Å². The van der Waals surface area contributed by atoms with Crippen molar-refractivity contribution in [1.82, 2.24) is 4.90 Å². The van der Waals surface area contributed by atoms with E-state index in [0.29, 0.717) is 12.8 Å². The zero-order chi connectivity index (χ0) is 18.1. The number of benzene rings is 2. The fourth-order valence-corrected chi connectivity index (χ4v) is 4.14. The molecule has 2 aromatic rings. The molecule has 2 N–H and O–H groups in total. The standard InChI is InChI=1S/C22H29NO2/c1-17-15-23(3)18(2)14-21(17,24)16-22(25,19-10-6-4-7-11-19)20-12-8-5-9-13-20/h4-13,17-18,24-25H,14-16H2,1-3H3/t17-,18+,21-/m0/s1. The fourth-order valence-electron chi connectivity index (χ4n) is 4.14. The third-order valence-electron chi connectivity index (χ3n) is 5.95. The maximum atomic E-state index is 11.8. The first-order chi connectivity index (χ1) is 11.8. The Hall–Kier alpha value is -1.68. The summed E-state index contributed by atoms with van der Waals surface area (Å²) in [5, 5.41) is 23.3. The van der Waals surface area contributed by atoms with Crippen molar-refractivity contribution in [2.24, 2.45) is 5.92 Å². The Kier molecular flexibility index (Phi) is 5.01. The second-order valence-corrected chi connectivity index (χ2v) is 7.77. The Balaban J connectivity index is 2.02. The molecule has 1 fully saturated rings. The van der Waals surface area contributed by atoms with Gasteiger partial charge < -0.3 is 15.1 Å². The van der Waals surface area contributed by atoms with Gasteiger partial charge in [0.25, 0.3) is 0 Å². The molecule has 3 atom stereocenters. The molecule has 0 aromatic heterocycles. The third-order valence-corrected chi connectivity index (χ3v) is 5.95. The van der Waals surface area contributed by atoms with E-state index < -0.39 is 11.2 Å². The van der Waals surface area contributed by atoms with Crippen molar-refractivity contribution in [1.29, 1.82) is 0 Å². The molecule has 0 unspecified atom stereocenters. The number of nitrogens with zero attached hydrogens (tertiary/aromatic N) is 1. The quantitative estimate of drug-likeness (QED) is 0.897. The van der Waals surface area contributed by atoms with Crippen LogP contribution in [0, 0.1) is 5.92 Å². The van der Waals surface area contributed by atoms with Crippen molar-refractivity contribution in [3.63, 3.8) is 0 Å². The highest BCUT2D eigenvalue weighted by molar-refractivity contribution is 5.36. The van der Waals surface area contributed by atoms with Crippen molar-refractivity contribution in [3.8, 4) is 0 Å². The molecule has 3 rings (SSSR count). The van der Waals surface area contributed by atoms with Gasteiger partial charge in [-0.05, 0) is 37.4 Å². The average molecular weight is 339 g/mol. The first-order valence-electron chi connectivity index (χ1n) is 9.11. The Bertz CT molecular complexity index is 648. The predicted octanol–water partition coefficient (Wildman–Crippen LogP) is 3.40. The normalized spacial score (nSPS) is 28.0. The molecule has 0 spiro atoms. The Morgan fingerprint density at radius 2 is 1.48 bits per heavy atom. The van der Waals surface area contributed by atoms with Crippen molar-refractivity contribution in [2.45, 2.75) is 43.9 Å².